The van der Waals surface area contributed by atoms with Crippen molar-refractivity contribution in [2.45, 2.75) is 37.8 Å². The van der Waals surface area contributed by atoms with Crippen LogP contribution in [0.3, 0.4) is 0 Å². The van der Waals surface area contributed by atoms with Crippen molar-refractivity contribution in [3.05, 3.63) is 28.5 Å². The van der Waals surface area contributed by atoms with Gasteiger partial charge < -0.3 is 15.7 Å². The van der Waals surface area contributed by atoms with Crippen LogP contribution < -0.4 is 10.6 Å². The predicted molar refractivity (Wildman–Crippen MR) is 74.5 cm³/mol. The molecule has 0 radical (unpaired) electrons. The molecule has 3 N–H and O–H groups in total. The number of carbonyl (C=O) groups is 1. The van der Waals surface area contributed by atoms with Crippen molar-refractivity contribution in [2.24, 2.45) is 0 Å². The van der Waals surface area contributed by atoms with Crippen LogP contribution in [0.5, 0.6) is 0 Å². The molecule has 2 atom stereocenters. The number of amides is 2. The quantitative estimate of drug-likeness (QED) is 0.780. The summed E-state index contributed by atoms with van der Waals surface area (Å²) in [5.74, 6) is -0.428. The number of halogens is 2. The lowest BCUT2D eigenvalue weighted by molar-refractivity contribution is 0.0955. The highest BCUT2D eigenvalue weighted by atomic mass is 79.9. The third-order valence-corrected chi connectivity index (χ3v) is 3.62. The smallest absolute Gasteiger partial charge is 0.319 e. The number of rotatable bonds is 2. The van der Waals surface area contributed by atoms with Crippen LogP contribution in [0.1, 0.15) is 25.7 Å². The summed E-state index contributed by atoms with van der Waals surface area (Å²) in [7, 11) is 0. The molecular formula is C13H16BrFN2O2. The van der Waals surface area contributed by atoms with Gasteiger partial charge in [-0.25, -0.2) is 9.18 Å². The van der Waals surface area contributed by atoms with E-state index in [0.717, 1.165) is 19.3 Å². The highest BCUT2D eigenvalue weighted by molar-refractivity contribution is 9.10. The Morgan fingerprint density at radius 2 is 2.05 bits per heavy atom. The summed E-state index contributed by atoms with van der Waals surface area (Å²) in [4.78, 5) is 11.8. The molecule has 2 amide bonds. The lowest BCUT2D eigenvalue weighted by Crippen LogP contribution is -2.46. The summed E-state index contributed by atoms with van der Waals surface area (Å²) < 4.78 is 13.7. The van der Waals surface area contributed by atoms with E-state index in [2.05, 4.69) is 26.6 Å². The van der Waals surface area contributed by atoms with Crippen molar-refractivity contribution in [1.29, 1.82) is 0 Å². The minimum absolute atomic E-state index is 0.231. The average molecular weight is 331 g/mol. The standard InChI is InChI=1S/C13H16BrFN2O2/c14-8-5-9(15)7-10(6-8)16-13(19)17-11-3-1-2-4-12(11)18/h5-7,11-12,18H,1-4H2,(H2,16,17,19). The number of urea groups is 1. The summed E-state index contributed by atoms with van der Waals surface area (Å²) in [6, 6.07) is 3.50. The van der Waals surface area contributed by atoms with E-state index in [0.29, 0.717) is 16.6 Å². The van der Waals surface area contributed by atoms with Gasteiger partial charge >= 0.3 is 6.03 Å². The van der Waals surface area contributed by atoms with Crippen LogP contribution in [0.15, 0.2) is 22.7 Å². The Kier molecular flexibility index (Phi) is 4.76. The van der Waals surface area contributed by atoms with Crippen LogP contribution in [0.2, 0.25) is 0 Å². The van der Waals surface area contributed by atoms with E-state index < -0.39 is 18.0 Å². The van der Waals surface area contributed by atoms with E-state index in [1.54, 1.807) is 6.07 Å². The molecule has 1 aromatic carbocycles. The van der Waals surface area contributed by atoms with E-state index >= 15 is 0 Å². The van der Waals surface area contributed by atoms with E-state index in [9.17, 15) is 14.3 Å². The number of benzene rings is 1. The highest BCUT2D eigenvalue weighted by Gasteiger charge is 2.24. The average Bonchev–Trinajstić information content (AvgIpc) is 2.30. The van der Waals surface area contributed by atoms with Gasteiger partial charge in [-0.3, -0.25) is 0 Å². The lowest BCUT2D eigenvalue weighted by atomic mass is 9.93. The molecule has 0 saturated heterocycles. The van der Waals surface area contributed by atoms with Gasteiger partial charge in [-0.2, -0.15) is 0 Å². The molecule has 1 aromatic rings. The molecule has 104 valence electrons. The number of aliphatic hydroxyl groups is 1. The number of carbonyl (C=O) groups excluding carboxylic acids is 1. The van der Waals surface area contributed by atoms with Gasteiger partial charge in [-0.1, -0.05) is 28.8 Å². The topological polar surface area (TPSA) is 61.4 Å². The van der Waals surface area contributed by atoms with Gasteiger partial charge in [-0.15, -0.1) is 0 Å². The first-order valence-electron chi connectivity index (χ1n) is 6.26. The zero-order valence-electron chi connectivity index (χ0n) is 10.3. The maximum atomic E-state index is 13.2. The Bertz CT molecular complexity index is 450. The van der Waals surface area contributed by atoms with Crippen LogP contribution in [0, 0.1) is 5.82 Å². The molecule has 0 spiro atoms. The number of hydrogen-bond donors (Lipinski definition) is 3. The molecule has 2 rings (SSSR count). The van der Waals surface area contributed by atoms with Gasteiger partial charge in [0, 0.05) is 10.2 Å². The van der Waals surface area contributed by atoms with Crippen molar-refractivity contribution in [3.63, 3.8) is 0 Å². The summed E-state index contributed by atoms with van der Waals surface area (Å²) >= 11 is 3.16. The van der Waals surface area contributed by atoms with Crippen molar-refractivity contribution in [3.8, 4) is 0 Å². The van der Waals surface area contributed by atoms with Crippen LogP contribution >= 0.6 is 15.9 Å². The Labute approximate surface area is 119 Å². The molecule has 1 fully saturated rings. The van der Waals surface area contributed by atoms with Gasteiger partial charge in [0.1, 0.15) is 5.82 Å². The second-order valence-corrected chi connectivity index (χ2v) is 5.63. The van der Waals surface area contributed by atoms with Crippen molar-refractivity contribution in [1.82, 2.24) is 5.32 Å². The first-order valence-corrected chi connectivity index (χ1v) is 7.05. The monoisotopic (exact) mass is 330 g/mol. The van der Waals surface area contributed by atoms with Gasteiger partial charge in [0.2, 0.25) is 0 Å². The van der Waals surface area contributed by atoms with Crippen LogP contribution in [0.25, 0.3) is 0 Å². The number of anilines is 1. The second-order valence-electron chi connectivity index (χ2n) is 4.71. The maximum absolute atomic E-state index is 13.2. The lowest BCUT2D eigenvalue weighted by Gasteiger charge is -2.28. The van der Waals surface area contributed by atoms with Crippen molar-refractivity contribution >= 4 is 27.6 Å². The molecule has 2 unspecified atom stereocenters. The molecule has 19 heavy (non-hydrogen) atoms. The molecule has 4 nitrogen and oxygen atoms in total. The number of nitrogens with one attached hydrogen (secondary N) is 2. The predicted octanol–water partition coefficient (Wildman–Crippen LogP) is 3.01. The molecule has 1 aliphatic carbocycles. The third-order valence-electron chi connectivity index (χ3n) is 3.17. The Balaban J connectivity index is 1.93. The van der Waals surface area contributed by atoms with Crippen molar-refractivity contribution < 1.29 is 14.3 Å². The first kappa shape index (κ1) is 14.3. The molecule has 1 saturated carbocycles. The minimum atomic E-state index is -0.501. The highest BCUT2D eigenvalue weighted by Crippen LogP contribution is 2.20. The maximum Gasteiger partial charge on any atom is 0.319 e. The fraction of sp³-hybridized carbons (Fsp3) is 0.462. The summed E-state index contributed by atoms with van der Waals surface area (Å²) in [5.41, 5.74) is 0.370. The van der Waals surface area contributed by atoms with E-state index in [-0.39, 0.29) is 6.04 Å². The molecule has 0 aromatic heterocycles. The fourth-order valence-electron chi connectivity index (χ4n) is 2.24. The Morgan fingerprint density at radius 3 is 2.74 bits per heavy atom. The minimum Gasteiger partial charge on any atom is -0.391 e. The zero-order chi connectivity index (χ0) is 13.8. The normalized spacial score (nSPS) is 22.9. The largest absolute Gasteiger partial charge is 0.391 e. The molecular weight excluding hydrogens is 315 g/mol. The van der Waals surface area contributed by atoms with Gasteiger partial charge in [0.25, 0.3) is 0 Å². The molecule has 6 heteroatoms. The Hall–Kier alpha value is -1.14. The van der Waals surface area contributed by atoms with Crippen LogP contribution in [-0.2, 0) is 0 Å². The van der Waals surface area contributed by atoms with E-state index in [4.69, 9.17) is 0 Å². The number of hydrogen-bond acceptors (Lipinski definition) is 2. The summed E-state index contributed by atoms with van der Waals surface area (Å²) in [6.07, 6.45) is 2.95. The second kappa shape index (κ2) is 6.34. The fourth-order valence-corrected chi connectivity index (χ4v) is 2.71. The number of aliphatic hydroxyl groups excluding tert-OH is 1. The third kappa shape index (κ3) is 4.18. The van der Waals surface area contributed by atoms with Crippen LogP contribution in [0.4, 0.5) is 14.9 Å². The molecule has 0 bridgehead atoms. The first-order chi connectivity index (χ1) is 9.04. The van der Waals surface area contributed by atoms with Gasteiger partial charge in [0.15, 0.2) is 0 Å². The zero-order valence-corrected chi connectivity index (χ0v) is 11.9. The summed E-state index contributed by atoms with van der Waals surface area (Å²) in [6.45, 7) is 0. The molecule has 0 aliphatic heterocycles. The van der Waals surface area contributed by atoms with Gasteiger partial charge in [-0.05, 0) is 31.0 Å². The Morgan fingerprint density at radius 1 is 1.32 bits per heavy atom. The molecule has 1 aliphatic rings. The summed E-state index contributed by atoms with van der Waals surface area (Å²) in [5, 5.41) is 15.0. The SMILES string of the molecule is O=C(Nc1cc(F)cc(Br)c1)NC1CCCCC1O. The van der Waals surface area contributed by atoms with E-state index in [1.807, 2.05) is 0 Å². The molecule has 0 heterocycles. The van der Waals surface area contributed by atoms with E-state index in [1.165, 1.54) is 12.1 Å². The van der Waals surface area contributed by atoms with Crippen LogP contribution in [-0.4, -0.2) is 23.3 Å². The van der Waals surface area contributed by atoms with Gasteiger partial charge in [0.05, 0.1) is 12.1 Å². The van der Waals surface area contributed by atoms with Crippen molar-refractivity contribution in [2.75, 3.05) is 5.32 Å².